The zero-order valence-corrected chi connectivity index (χ0v) is 28.3. The van der Waals surface area contributed by atoms with Crippen LogP contribution in [0.2, 0.25) is 0 Å². The Morgan fingerprint density at radius 1 is 0.365 bits per heavy atom. The number of hydrogen-bond acceptors (Lipinski definition) is 2. The molecule has 0 bridgehead atoms. The van der Waals surface area contributed by atoms with Gasteiger partial charge in [0.2, 0.25) is 0 Å². The van der Waals surface area contributed by atoms with Crippen LogP contribution in [0.4, 0.5) is 17.1 Å². The second-order valence-electron chi connectivity index (χ2n) is 13.7. The lowest BCUT2D eigenvalue weighted by molar-refractivity contribution is 0.434. The van der Waals surface area contributed by atoms with E-state index in [0.29, 0.717) is 0 Å². The van der Waals surface area contributed by atoms with Gasteiger partial charge in [0, 0.05) is 33.3 Å². The molecule has 2 aliphatic heterocycles. The summed E-state index contributed by atoms with van der Waals surface area (Å²) in [6.45, 7) is 0. The largest absolute Gasteiger partial charge is 0.457 e. The monoisotopic (exact) mass is 664 g/mol. The molecule has 52 heavy (non-hydrogen) atoms. The zero-order chi connectivity index (χ0) is 34.2. The fourth-order valence-electron chi connectivity index (χ4n) is 8.91. The van der Waals surface area contributed by atoms with Gasteiger partial charge in [-0.1, -0.05) is 121 Å². The second kappa shape index (κ2) is 11.1. The number of nitrogens with zero attached hydrogens (tertiary/aromatic N) is 2. The molecule has 1 aromatic heterocycles. The highest BCUT2D eigenvalue weighted by atomic mass is 16.5. The van der Waals surface area contributed by atoms with Gasteiger partial charge in [-0.25, -0.2) is 0 Å². The van der Waals surface area contributed by atoms with E-state index in [1.54, 1.807) is 0 Å². The molecule has 2 aliphatic rings. The highest BCUT2D eigenvalue weighted by Crippen LogP contribution is 2.63. The molecule has 0 radical (unpaired) electrons. The maximum atomic E-state index is 6.80. The van der Waals surface area contributed by atoms with Crippen molar-refractivity contribution in [2.75, 3.05) is 4.90 Å². The zero-order valence-electron chi connectivity index (χ0n) is 28.3. The van der Waals surface area contributed by atoms with Crippen LogP contribution < -0.4 is 9.64 Å². The van der Waals surface area contributed by atoms with Gasteiger partial charge < -0.3 is 14.2 Å². The highest BCUT2D eigenvalue weighted by molar-refractivity contribution is 6.10. The minimum Gasteiger partial charge on any atom is -0.457 e. The van der Waals surface area contributed by atoms with Crippen molar-refractivity contribution in [3.63, 3.8) is 0 Å². The first-order valence-corrected chi connectivity index (χ1v) is 17.9. The fourth-order valence-corrected chi connectivity index (χ4v) is 8.91. The summed E-state index contributed by atoms with van der Waals surface area (Å²) in [6, 6.07) is 70.1. The molecule has 3 heteroatoms. The van der Waals surface area contributed by atoms with Crippen molar-refractivity contribution in [1.29, 1.82) is 0 Å². The molecule has 3 nitrogen and oxygen atoms in total. The van der Waals surface area contributed by atoms with Gasteiger partial charge in [-0.05, 0) is 95.1 Å². The maximum absolute atomic E-state index is 6.80. The first-order valence-electron chi connectivity index (χ1n) is 17.9. The predicted molar refractivity (Wildman–Crippen MR) is 213 cm³/mol. The van der Waals surface area contributed by atoms with E-state index in [2.05, 4.69) is 204 Å². The van der Waals surface area contributed by atoms with E-state index in [-0.39, 0.29) is 0 Å². The van der Waals surface area contributed by atoms with E-state index < -0.39 is 5.41 Å². The predicted octanol–water partition coefficient (Wildman–Crippen LogP) is 12.7. The summed E-state index contributed by atoms with van der Waals surface area (Å²) in [5.74, 6) is 1.76. The Morgan fingerprint density at radius 2 is 0.904 bits per heavy atom. The Bertz CT molecular complexity index is 2790. The topological polar surface area (TPSA) is 17.4 Å². The quantitative estimate of drug-likeness (QED) is 0.187. The number of ether oxygens (including phenoxy) is 1. The Labute approximate surface area is 302 Å². The average Bonchev–Trinajstić information content (AvgIpc) is 3.55. The molecule has 9 aromatic rings. The van der Waals surface area contributed by atoms with Crippen LogP contribution in [-0.4, -0.2) is 4.57 Å². The normalized spacial score (nSPS) is 13.7. The number of rotatable bonds is 3. The van der Waals surface area contributed by atoms with Crippen molar-refractivity contribution in [3.05, 3.63) is 216 Å². The molecule has 3 heterocycles. The van der Waals surface area contributed by atoms with Crippen LogP contribution in [0.15, 0.2) is 194 Å². The van der Waals surface area contributed by atoms with E-state index in [1.165, 1.54) is 38.5 Å². The Hall–Kier alpha value is -6.84. The van der Waals surface area contributed by atoms with Crippen molar-refractivity contribution in [2.24, 2.45) is 0 Å². The van der Waals surface area contributed by atoms with Gasteiger partial charge in [0.15, 0.2) is 0 Å². The van der Waals surface area contributed by atoms with Gasteiger partial charge >= 0.3 is 0 Å². The van der Waals surface area contributed by atoms with Gasteiger partial charge in [0.1, 0.15) is 11.5 Å². The Kier molecular flexibility index (Phi) is 6.17. The molecule has 0 saturated carbocycles. The molecule has 1 spiro atoms. The summed E-state index contributed by atoms with van der Waals surface area (Å²) in [6.07, 6.45) is 0. The van der Waals surface area contributed by atoms with Crippen LogP contribution in [0.5, 0.6) is 11.5 Å². The minimum absolute atomic E-state index is 0.619. The van der Waals surface area contributed by atoms with Crippen molar-refractivity contribution in [2.45, 2.75) is 5.41 Å². The summed E-state index contributed by atoms with van der Waals surface area (Å²) in [7, 11) is 0. The molecule has 244 valence electrons. The number of fused-ring (bicyclic) bond motifs is 11. The van der Waals surface area contributed by atoms with Crippen LogP contribution in [0, 0.1) is 0 Å². The minimum atomic E-state index is -0.619. The Balaban J connectivity index is 1.18. The Morgan fingerprint density at radius 3 is 1.65 bits per heavy atom. The van der Waals surface area contributed by atoms with Crippen LogP contribution in [-0.2, 0) is 5.41 Å². The van der Waals surface area contributed by atoms with E-state index in [1.807, 2.05) is 0 Å². The summed E-state index contributed by atoms with van der Waals surface area (Å²) in [5.41, 5.74) is 13.5. The van der Waals surface area contributed by atoms with Crippen LogP contribution >= 0.6 is 0 Å². The molecule has 0 fully saturated rings. The van der Waals surface area contributed by atoms with Crippen molar-refractivity contribution in [1.82, 2.24) is 4.57 Å². The van der Waals surface area contributed by atoms with Gasteiger partial charge in [-0.15, -0.1) is 0 Å². The number of aromatic nitrogens is 1. The molecule has 0 unspecified atom stereocenters. The molecular formula is C49H32N2O. The molecular weight excluding hydrogens is 633 g/mol. The molecule has 0 aliphatic carbocycles. The van der Waals surface area contributed by atoms with Gasteiger partial charge in [-0.3, -0.25) is 0 Å². The van der Waals surface area contributed by atoms with E-state index in [4.69, 9.17) is 4.74 Å². The summed E-state index contributed by atoms with van der Waals surface area (Å²) >= 11 is 0. The third kappa shape index (κ3) is 3.96. The van der Waals surface area contributed by atoms with Crippen LogP contribution in [0.1, 0.15) is 22.3 Å². The van der Waals surface area contributed by atoms with E-state index in [9.17, 15) is 0 Å². The number of anilines is 3. The summed E-state index contributed by atoms with van der Waals surface area (Å²) in [5, 5.41) is 2.48. The molecule has 0 amide bonds. The first-order chi connectivity index (χ1) is 25.8. The molecule has 0 saturated heterocycles. The highest BCUT2D eigenvalue weighted by Gasteiger charge is 2.51. The molecule has 8 aromatic carbocycles. The van der Waals surface area contributed by atoms with Crippen LogP contribution in [0.3, 0.4) is 0 Å². The number of benzene rings is 8. The lowest BCUT2D eigenvalue weighted by atomic mass is 9.61. The smallest absolute Gasteiger partial charge is 0.132 e. The van der Waals surface area contributed by atoms with Crippen molar-refractivity contribution >= 4 is 38.9 Å². The third-order valence-electron chi connectivity index (χ3n) is 11.0. The third-order valence-corrected chi connectivity index (χ3v) is 11.0. The first kappa shape index (κ1) is 28.9. The lowest BCUT2D eigenvalue weighted by Gasteiger charge is -2.48. The van der Waals surface area contributed by atoms with Gasteiger partial charge in [0.25, 0.3) is 0 Å². The van der Waals surface area contributed by atoms with E-state index in [0.717, 1.165) is 50.9 Å². The molecule has 0 atom stereocenters. The SMILES string of the molecule is c1ccc(N2c3ccccc3C3(c4ccccc4Oc4ccc(-c5ccc6c(c5)c5ccccc5n6-c5ccccc5)cc43)c3ccccc32)cc1. The van der Waals surface area contributed by atoms with E-state index >= 15 is 0 Å². The van der Waals surface area contributed by atoms with Gasteiger partial charge in [-0.2, -0.15) is 0 Å². The van der Waals surface area contributed by atoms with Crippen molar-refractivity contribution in [3.8, 4) is 28.3 Å². The number of para-hydroxylation sites is 6. The fraction of sp³-hybridized carbons (Fsp3) is 0.0204. The summed E-state index contributed by atoms with van der Waals surface area (Å²) < 4.78 is 9.17. The van der Waals surface area contributed by atoms with Crippen LogP contribution in [0.25, 0.3) is 38.6 Å². The lowest BCUT2D eigenvalue weighted by Crippen LogP contribution is -2.39. The molecule has 0 N–H and O–H groups in total. The second-order valence-corrected chi connectivity index (χ2v) is 13.7. The van der Waals surface area contributed by atoms with Crippen molar-refractivity contribution < 1.29 is 4.74 Å². The average molecular weight is 665 g/mol. The maximum Gasteiger partial charge on any atom is 0.132 e. The molecule has 11 rings (SSSR count). The number of hydrogen-bond donors (Lipinski definition) is 0. The standard InChI is InChI=1S/C49H32N2O/c1-3-15-35(16-4-1)50-43-23-11-7-19-37(43)38-31-33(27-29-44(38)50)34-28-30-48-42(32-34)49(41-22-10-14-26-47(41)52-48)39-20-8-12-24-45(39)51(36-17-5-2-6-18-36)46-25-13-9-21-40(46)49/h1-32H. The van der Waals surface area contributed by atoms with Gasteiger partial charge in [0.05, 0.1) is 27.8 Å². The summed E-state index contributed by atoms with van der Waals surface area (Å²) in [4.78, 5) is 2.41.